The zero-order valence-corrected chi connectivity index (χ0v) is 14.9. The van der Waals surface area contributed by atoms with Gasteiger partial charge in [-0.05, 0) is 31.6 Å². The maximum absolute atomic E-state index is 12.0. The first kappa shape index (κ1) is 21.7. The van der Waals surface area contributed by atoms with Gasteiger partial charge < -0.3 is 9.84 Å². The highest BCUT2D eigenvalue weighted by Gasteiger charge is 2.27. The van der Waals surface area contributed by atoms with E-state index in [0.29, 0.717) is 18.9 Å². The van der Waals surface area contributed by atoms with E-state index >= 15 is 0 Å². The molecule has 0 saturated carbocycles. The minimum absolute atomic E-state index is 0.340. The third-order valence-electron chi connectivity index (χ3n) is 4.24. The van der Waals surface area contributed by atoms with Gasteiger partial charge in [-0.15, -0.1) is 6.58 Å². The van der Waals surface area contributed by atoms with Crippen molar-refractivity contribution in [3.05, 3.63) is 12.7 Å². The van der Waals surface area contributed by atoms with Crippen molar-refractivity contribution in [3.8, 4) is 0 Å². The molecule has 1 N–H and O–H groups in total. The molecule has 0 radical (unpaired) electrons. The minimum atomic E-state index is -1.07. The second-order valence-corrected chi connectivity index (χ2v) is 6.22. The van der Waals surface area contributed by atoms with E-state index < -0.39 is 17.9 Å². The van der Waals surface area contributed by atoms with Crippen LogP contribution in [0.2, 0.25) is 0 Å². The fourth-order valence-corrected chi connectivity index (χ4v) is 2.53. The number of carbonyl (C=O) groups is 2. The molecule has 2 atom stereocenters. The Labute approximate surface area is 141 Å². The standard InChI is InChI=1S/C19H34O4/c1-4-7-9-10-11-12-14-17(18(20)21)19(22)23-15-16(6-3)13-8-5-2/h4,16-17H,1,5-15H2,2-3H3,(H,20,21). The first-order valence-electron chi connectivity index (χ1n) is 9.07. The first-order chi connectivity index (χ1) is 11.1. The molecule has 0 aromatic rings. The van der Waals surface area contributed by atoms with E-state index in [9.17, 15) is 14.7 Å². The second-order valence-electron chi connectivity index (χ2n) is 6.22. The average molecular weight is 326 g/mol. The van der Waals surface area contributed by atoms with Crippen LogP contribution in [0.5, 0.6) is 0 Å². The van der Waals surface area contributed by atoms with Gasteiger partial charge in [0.2, 0.25) is 0 Å². The highest BCUT2D eigenvalue weighted by Crippen LogP contribution is 2.17. The quantitative estimate of drug-likeness (QED) is 0.200. The lowest BCUT2D eigenvalue weighted by Crippen LogP contribution is -2.27. The molecule has 2 unspecified atom stereocenters. The van der Waals surface area contributed by atoms with Gasteiger partial charge in [0, 0.05) is 0 Å². The lowest BCUT2D eigenvalue weighted by molar-refractivity contribution is -0.160. The van der Waals surface area contributed by atoms with Gasteiger partial charge >= 0.3 is 11.9 Å². The largest absolute Gasteiger partial charge is 0.481 e. The molecular formula is C19H34O4. The van der Waals surface area contributed by atoms with Crippen LogP contribution < -0.4 is 0 Å². The van der Waals surface area contributed by atoms with Crippen molar-refractivity contribution >= 4 is 11.9 Å². The molecule has 0 aromatic heterocycles. The number of carboxylic acids is 1. The summed E-state index contributed by atoms with van der Waals surface area (Å²) in [4.78, 5) is 23.3. The molecule has 0 rings (SSSR count). The smallest absolute Gasteiger partial charge is 0.320 e. The fourth-order valence-electron chi connectivity index (χ4n) is 2.53. The second kappa shape index (κ2) is 14.3. The number of carbonyl (C=O) groups excluding carboxylic acids is 1. The Morgan fingerprint density at radius 1 is 1.09 bits per heavy atom. The zero-order valence-electron chi connectivity index (χ0n) is 14.9. The molecule has 0 spiro atoms. The Hall–Kier alpha value is -1.32. The summed E-state index contributed by atoms with van der Waals surface area (Å²) in [6.45, 7) is 8.23. The van der Waals surface area contributed by atoms with Crippen LogP contribution in [0.3, 0.4) is 0 Å². The van der Waals surface area contributed by atoms with Crippen molar-refractivity contribution in [2.45, 2.75) is 78.1 Å². The molecule has 23 heavy (non-hydrogen) atoms. The van der Waals surface area contributed by atoms with Crippen LogP contribution in [-0.4, -0.2) is 23.7 Å². The predicted octanol–water partition coefficient (Wildman–Crippen LogP) is 4.97. The van der Waals surface area contributed by atoms with Crippen LogP contribution in [0.15, 0.2) is 12.7 Å². The lowest BCUT2D eigenvalue weighted by atomic mass is 9.99. The van der Waals surface area contributed by atoms with Gasteiger partial charge in [0.1, 0.15) is 0 Å². The number of allylic oxidation sites excluding steroid dienone is 1. The summed E-state index contributed by atoms with van der Waals surface area (Å²) in [5, 5.41) is 9.23. The number of unbranched alkanes of at least 4 members (excludes halogenated alkanes) is 5. The van der Waals surface area contributed by atoms with Gasteiger partial charge in [0.15, 0.2) is 5.92 Å². The van der Waals surface area contributed by atoms with Crippen LogP contribution in [0.4, 0.5) is 0 Å². The molecule has 0 aliphatic carbocycles. The average Bonchev–Trinajstić information content (AvgIpc) is 2.53. The topological polar surface area (TPSA) is 63.6 Å². The van der Waals surface area contributed by atoms with E-state index in [4.69, 9.17) is 4.74 Å². The summed E-state index contributed by atoms with van der Waals surface area (Å²) in [6.07, 6.45) is 11.3. The number of carboxylic acid groups (broad SMARTS) is 1. The Kier molecular flexibility index (Phi) is 13.5. The number of hydrogen-bond donors (Lipinski definition) is 1. The van der Waals surface area contributed by atoms with Gasteiger partial charge in [0.25, 0.3) is 0 Å². The summed E-state index contributed by atoms with van der Waals surface area (Å²) < 4.78 is 5.28. The predicted molar refractivity (Wildman–Crippen MR) is 93.3 cm³/mol. The molecule has 0 aromatic carbocycles. The molecule has 0 heterocycles. The van der Waals surface area contributed by atoms with Crippen LogP contribution in [-0.2, 0) is 14.3 Å². The van der Waals surface area contributed by atoms with Crippen molar-refractivity contribution in [3.63, 3.8) is 0 Å². The van der Waals surface area contributed by atoms with Crippen molar-refractivity contribution < 1.29 is 19.4 Å². The Bertz CT molecular complexity index is 338. The van der Waals surface area contributed by atoms with E-state index in [0.717, 1.165) is 57.8 Å². The van der Waals surface area contributed by atoms with Gasteiger partial charge in [0.05, 0.1) is 6.61 Å². The van der Waals surface area contributed by atoms with Crippen LogP contribution >= 0.6 is 0 Å². The SMILES string of the molecule is C=CCCCCCCC(C(=O)O)C(=O)OCC(CC)CCCC. The highest BCUT2D eigenvalue weighted by molar-refractivity contribution is 5.93. The normalized spacial score (nSPS) is 13.3. The molecule has 0 fully saturated rings. The van der Waals surface area contributed by atoms with Gasteiger partial charge in [-0.1, -0.05) is 58.4 Å². The van der Waals surface area contributed by atoms with E-state index in [2.05, 4.69) is 20.4 Å². The van der Waals surface area contributed by atoms with Crippen molar-refractivity contribution in [1.29, 1.82) is 0 Å². The summed E-state index contributed by atoms with van der Waals surface area (Å²) in [6, 6.07) is 0. The third kappa shape index (κ3) is 10.9. The van der Waals surface area contributed by atoms with Crippen LogP contribution in [0, 0.1) is 11.8 Å². The van der Waals surface area contributed by atoms with Crippen molar-refractivity contribution in [1.82, 2.24) is 0 Å². The lowest BCUT2D eigenvalue weighted by Gasteiger charge is -2.17. The summed E-state index contributed by atoms with van der Waals surface area (Å²) in [5.74, 6) is -2.31. The molecule has 0 aliphatic heterocycles. The number of aliphatic carboxylic acids is 1. The molecule has 0 bridgehead atoms. The maximum Gasteiger partial charge on any atom is 0.320 e. The van der Waals surface area contributed by atoms with Crippen molar-refractivity contribution in [2.24, 2.45) is 11.8 Å². The van der Waals surface area contributed by atoms with Crippen LogP contribution in [0.25, 0.3) is 0 Å². The van der Waals surface area contributed by atoms with E-state index in [1.54, 1.807) is 0 Å². The van der Waals surface area contributed by atoms with Crippen molar-refractivity contribution in [2.75, 3.05) is 6.61 Å². The Morgan fingerprint density at radius 2 is 1.78 bits per heavy atom. The molecule has 4 heteroatoms. The summed E-state index contributed by atoms with van der Waals surface area (Å²) >= 11 is 0. The first-order valence-corrected chi connectivity index (χ1v) is 9.07. The zero-order chi connectivity index (χ0) is 17.5. The molecule has 0 aliphatic rings. The molecule has 0 amide bonds. The van der Waals surface area contributed by atoms with Gasteiger partial charge in [-0.2, -0.15) is 0 Å². The maximum atomic E-state index is 12.0. The number of hydrogen-bond acceptors (Lipinski definition) is 3. The monoisotopic (exact) mass is 326 g/mol. The minimum Gasteiger partial charge on any atom is -0.481 e. The molecule has 4 nitrogen and oxygen atoms in total. The third-order valence-corrected chi connectivity index (χ3v) is 4.24. The Morgan fingerprint density at radius 3 is 2.35 bits per heavy atom. The van der Waals surface area contributed by atoms with E-state index in [1.165, 1.54) is 0 Å². The van der Waals surface area contributed by atoms with Crippen LogP contribution in [0.1, 0.15) is 78.1 Å². The summed E-state index contributed by atoms with van der Waals surface area (Å²) in [7, 11) is 0. The van der Waals surface area contributed by atoms with E-state index in [-0.39, 0.29) is 0 Å². The molecule has 134 valence electrons. The number of rotatable bonds is 15. The number of ether oxygens (including phenoxy) is 1. The fraction of sp³-hybridized carbons (Fsp3) is 0.789. The molecule has 0 saturated heterocycles. The molecular weight excluding hydrogens is 292 g/mol. The number of esters is 1. The Balaban J connectivity index is 4.13. The van der Waals surface area contributed by atoms with E-state index in [1.807, 2.05) is 6.08 Å². The highest BCUT2D eigenvalue weighted by atomic mass is 16.5. The van der Waals surface area contributed by atoms with Gasteiger partial charge in [-0.3, -0.25) is 9.59 Å². The van der Waals surface area contributed by atoms with Gasteiger partial charge in [-0.25, -0.2) is 0 Å². The summed E-state index contributed by atoms with van der Waals surface area (Å²) in [5.41, 5.74) is 0.